The van der Waals surface area contributed by atoms with E-state index in [0.717, 1.165) is 65.2 Å². The van der Waals surface area contributed by atoms with E-state index in [1.165, 1.54) is 0 Å². The van der Waals surface area contributed by atoms with Gasteiger partial charge in [-0.15, -0.1) is 0 Å². The summed E-state index contributed by atoms with van der Waals surface area (Å²) in [5.41, 5.74) is 20.0. The molecular weight excluding hydrogens is 456 g/mol. The summed E-state index contributed by atoms with van der Waals surface area (Å²) in [5, 5.41) is 26.0. The molecule has 10 heteroatoms. The van der Waals surface area contributed by atoms with Crippen LogP contribution in [0.15, 0.2) is 53.5 Å². The van der Waals surface area contributed by atoms with Crippen molar-refractivity contribution in [1.82, 2.24) is 0 Å². The highest BCUT2D eigenvalue weighted by molar-refractivity contribution is 8.26. The second-order valence-corrected chi connectivity index (χ2v) is 9.74. The van der Waals surface area contributed by atoms with Gasteiger partial charge in [0, 0.05) is 12.0 Å². The maximum Gasteiger partial charge on any atom is 0.162 e. The van der Waals surface area contributed by atoms with Crippen LogP contribution < -0.4 is 21.9 Å². The van der Waals surface area contributed by atoms with Gasteiger partial charge in [0.15, 0.2) is 16.6 Å². The molecule has 9 N–H and O–H groups in total. The summed E-state index contributed by atoms with van der Waals surface area (Å²) in [5.74, 6) is 0.784. The van der Waals surface area contributed by atoms with Gasteiger partial charge < -0.3 is 27.0 Å². The molecule has 33 heavy (non-hydrogen) atoms. The molecule has 0 aliphatic rings. The fourth-order valence-electron chi connectivity index (χ4n) is 3.21. The van der Waals surface area contributed by atoms with Gasteiger partial charge in [-0.25, -0.2) is 4.99 Å². The fraction of sp³-hybridized carbons (Fsp3) is 0.348. The number of nitrogens with one attached hydrogen (secondary N) is 2. The van der Waals surface area contributed by atoms with Crippen LogP contribution in [0.25, 0.3) is 11.1 Å². The van der Waals surface area contributed by atoms with Crippen LogP contribution in [-0.4, -0.2) is 39.2 Å². The lowest BCUT2D eigenvalue weighted by Crippen LogP contribution is -2.20. The molecule has 2 aromatic rings. The zero-order valence-electron chi connectivity index (χ0n) is 18.7. The predicted octanol–water partition coefficient (Wildman–Crippen LogP) is 3.72. The van der Waals surface area contributed by atoms with E-state index in [1.54, 1.807) is 7.11 Å². The van der Waals surface area contributed by atoms with Crippen molar-refractivity contribution in [2.24, 2.45) is 22.2 Å². The Kier molecular flexibility index (Phi) is 11.2. The minimum atomic E-state index is -1.00. The molecule has 2 atom stereocenters. The Hall–Kier alpha value is -2.53. The topological polar surface area (TPSA) is 168 Å². The summed E-state index contributed by atoms with van der Waals surface area (Å²) in [4.78, 5) is 4.12. The summed E-state index contributed by atoms with van der Waals surface area (Å²) in [7, 11) is 1.64. The smallest absolute Gasteiger partial charge is 0.162 e. The lowest BCUT2D eigenvalue weighted by Gasteiger charge is -2.12. The van der Waals surface area contributed by atoms with Crippen LogP contribution in [0.3, 0.4) is 0 Å². The van der Waals surface area contributed by atoms with Crippen molar-refractivity contribution >= 4 is 38.9 Å². The number of thioether (sulfide) groups is 2. The molecule has 2 aromatic carbocycles. The highest BCUT2D eigenvalue weighted by Gasteiger charge is 2.10. The van der Waals surface area contributed by atoms with Crippen LogP contribution in [0, 0.1) is 10.8 Å². The molecule has 2 rings (SSSR count). The summed E-state index contributed by atoms with van der Waals surface area (Å²) in [6.45, 7) is 0. The number of benzene rings is 2. The average molecular weight is 489 g/mol. The molecule has 0 spiro atoms. The van der Waals surface area contributed by atoms with Gasteiger partial charge in [-0.1, -0.05) is 60.6 Å². The normalized spacial score (nSPS) is 13.4. The molecule has 178 valence electrons. The van der Waals surface area contributed by atoms with Gasteiger partial charge in [0.25, 0.3) is 0 Å². The first kappa shape index (κ1) is 26.7. The van der Waals surface area contributed by atoms with Crippen LogP contribution in [0.4, 0.5) is 0 Å². The zero-order valence-corrected chi connectivity index (χ0v) is 20.3. The number of hydrogen-bond acceptors (Lipinski definition) is 8. The molecule has 0 amide bonds. The van der Waals surface area contributed by atoms with Crippen molar-refractivity contribution in [2.45, 2.75) is 43.7 Å². The first-order valence-corrected chi connectivity index (χ1v) is 12.2. The largest absolute Gasteiger partial charge is 0.496 e. The number of amidine groups is 2. The number of aliphatic hydroxyl groups is 1. The summed E-state index contributed by atoms with van der Waals surface area (Å²) < 4.78 is 5.44. The van der Waals surface area contributed by atoms with Crippen molar-refractivity contribution in [1.29, 1.82) is 10.8 Å². The number of aliphatic hydroxyl groups excluding tert-OH is 1. The van der Waals surface area contributed by atoms with Gasteiger partial charge in [0.05, 0.1) is 17.5 Å². The minimum absolute atomic E-state index is 0.0138. The highest BCUT2D eigenvalue weighted by Crippen LogP contribution is 2.30. The Bertz CT molecular complexity index is 969. The van der Waals surface area contributed by atoms with E-state index < -0.39 is 6.23 Å². The average Bonchev–Trinajstić information content (AvgIpc) is 2.76. The van der Waals surface area contributed by atoms with Gasteiger partial charge in [-0.3, -0.25) is 10.8 Å². The fourth-order valence-corrected chi connectivity index (χ4v) is 4.49. The Morgan fingerprint density at radius 1 is 1.12 bits per heavy atom. The maximum absolute atomic E-state index is 10.4. The summed E-state index contributed by atoms with van der Waals surface area (Å²) in [6.07, 6.45) is 2.19. The van der Waals surface area contributed by atoms with E-state index in [4.69, 9.17) is 32.8 Å². The van der Waals surface area contributed by atoms with E-state index in [9.17, 15) is 5.11 Å². The predicted molar refractivity (Wildman–Crippen MR) is 141 cm³/mol. The lowest BCUT2D eigenvalue weighted by atomic mass is 10.0. The number of unbranched alkanes of at least 4 members (excludes halogenated alkanes) is 1. The Morgan fingerprint density at radius 2 is 1.88 bits per heavy atom. The first-order valence-electron chi connectivity index (χ1n) is 10.5. The van der Waals surface area contributed by atoms with Gasteiger partial charge in [-0.2, -0.15) is 0 Å². The molecule has 0 aromatic heterocycles. The maximum atomic E-state index is 10.4. The van der Waals surface area contributed by atoms with Crippen molar-refractivity contribution < 1.29 is 9.84 Å². The molecule has 0 aliphatic carbocycles. The molecule has 0 aliphatic heterocycles. The van der Waals surface area contributed by atoms with Gasteiger partial charge in [0.2, 0.25) is 0 Å². The van der Waals surface area contributed by atoms with Crippen molar-refractivity contribution in [3.8, 4) is 16.9 Å². The minimum Gasteiger partial charge on any atom is -0.496 e. The second kappa shape index (κ2) is 13.9. The number of ether oxygens (including phenoxy) is 1. The van der Waals surface area contributed by atoms with E-state index in [0.29, 0.717) is 17.9 Å². The van der Waals surface area contributed by atoms with Gasteiger partial charge >= 0.3 is 0 Å². The number of nitrogens with zero attached hydrogens (tertiary/aromatic N) is 1. The Labute approximate surface area is 203 Å². The number of para-hydroxylation sites is 1. The van der Waals surface area contributed by atoms with Crippen LogP contribution in [-0.2, 0) is 6.42 Å². The molecule has 0 saturated carbocycles. The SMILES string of the molecule is COc1ccccc1-c1cccc(CC(O)N=C(N)SC(=N)CCCCC(N)SC(=N)N)c1. The van der Waals surface area contributed by atoms with Gasteiger partial charge in [0.1, 0.15) is 5.75 Å². The van der Waals surface area contributed by atoms with Crippen molar-refractivity contribution in [2.75, 3.05) is 7.11 Å². The quantitative estimate of drug-likeness (QED) is 0.121. The number of aliphatic imine (C=N–C) groups is 1. The number of hydrogen-bond donors (Lipinski definition) is 6. The Morgan fingerprint density at radius 3 is 2.61 bits per heavy atom. The third-order valence-corrected chi connectivity index (χ3v) is 6.25. The van der Waals surface area contributed by atoms with Crippen molar-refractivity contribution in [3.05, 3.63) is 54.1 Å². The third kappa shape index (κ3) is 9.87. The lowest BCUT2D eigenvalue weighted by molar-refractivity contribution is 0.185. The van der Waals surface area contributed by atoms with Gasteiger partial charge in [-0.05, 0) is 48.2 Å². The molecule has 2 unspecified atom stereocenters. The standard InChI is InChI=1S/C23H32N6O2S2/c1-31-18-10-3-2-9-17(18)16-8-6-7-15(13-16)14-21(30)29-23(28)33-20(25)12-5-4-11-19(24)32-22(26)27/h2-3,6-10,13,19,21,25,30H,4-5,11-12,14,24H2,1H3,(H3,26,27)(H2,28,29). The third-order valence-electron chi connectivity index (χ3n) is 4.69. The summed E-state index contributed by atoms with van der Waals surface area (Å²) >= 11 is 2.20. The Balaban J connectivity index is 1.84. The van der Waals surface area contributed by atoms with Crippen LogP contribution in [0.1, 0.15) is 31.2 Å². The summed E-state index contributed by atoms with van der Waals surface area (Å²) in [6, 6.07) is 15.6. The number of nitrogens with two attached hydrogens (primary N) is 3. The van der Waals surface area contributed by atoms with Crippen molar-refractivity contribution in [3.63, 3.8) is 0 Å². The number of rotatable bonds is 11. The van der Waals surface area contributed by atoms with E-state index in [2.05, 4.69) is 4.99 Å². The van der Waals surface area contributed by atoms with Crippen LogP contribution >= 0.6 is 23.5 Å². The first-order chi connectivity index (χ1) is 15.8. The zero-order chi connectivity index (χ0) is 24.2. The van der Waals surface area contributed by atoms with E-state index in [1.807, 2.05) is 48.5 Å². The molecule has 0 heterocycles. The van der Waals surface area contributed by atoms with Crippen LogP contribution in [0.5, 0.6) is 5.75 Å². The second-order valence-electron chi connectivity index (χ2n) is 7.34. The monoisotopic (exact) mass is 488 g/mol. The molecule has 0 bridgehead atoms. The van der Waals surface area contributed by atoms with E-state index in [-0.39, 0.29) is 15.7 Å². The molecule has 0 radical (unpaired) electrons. The number of methoxy groups -OCH3 is 1. The van der Waals surface area contributed by atoms with E-state index >= 15 is 0 Å². The molecule has 0 fully saturated rings. The highest BCUT2D eigenvalue weighted by atomic mass is 32.2. The molecule has 8 nitrogen and oxygen atoms in total. The molecular formula is C23H32N6O2S2. The molecule has 0 saturated heterocycles. The van der Waals surface area contributed by atoms with Crippen LogP contribution in [0.2, 0.25) is 0 Å².